The number of hydrogen-bond donors (Lipinski definition) is 1. The largest absolute Gasteiger partial charge is 0.417 e. The van der Waals surface area contributed by atoms with Crippen molar-refractivity contribution in [3.63, 3.8) is 0 Å². The summed E-state index contributed by atoms with van der Waals surface area (Å²) in [6.07, 6.45) is -3.04. The average molecular weight is 498 g/mol. The lowest BCUT2D eigenvalue weighted by Gasteiger charge is -2.12. The predicted molar refractivity (Wildman–Crippen MR) is 124 cm³/mol. The summed E-state index contributed by atoms with van der Waals surface area (Å²) in [6.45, 7) is 0. The minimum atomic E-state index is -4.58. The Balaban J connectivity index is 1.69. The molecule has 0 unspecified atom stereocenters. The van der Waals surface area contributed by atoms with Crippen molar-refractivity contribution in [3.05, 3.63) is 96.2 Å². The fraction of sp³-hybridized carbons (Fsp3) is 0.0741. The van der Waals surface area contributed by atoms with Crippen molar-refractivity contribution in [3.8, 4) is 40.4 Å². The van der Waals surface area contributed by atoms with Crippen LogP contribution in [0.4, 0.5) is 32.0 Å². The molecule has 0 saturated heterocycles. The highest BCUT2D eigenvalue weighted by molar-refractivity contribution is 6.03. The molecule has 182 valence electrons. The lowest BCUT2D eigenvalue weighted by Crippen LogP contribution is -2.08. The third-order valence-electron chi connectivity index (χ3n) is 5.41. The maximum atomic E-state index is 13.5. The minimum Gasteiger partial charge on any atom is -0.316 e. The quantitative estimate of drug-likeness (QED) is 0.231. The summed E-state index contributed by atoms with van der Waals surface area (Å²) in [7, 11) is 0. The Labute approximate surface area is 202 Å². The van der Waals surface area contributed by atoms with Gasteiger partial charge >= 0.3 is 12.4 Å². The van der Waals surface area contributed by atoms with Gasteiger partial charge in [0, 0.05) is 17.6 Å². The van der Waals surface area contributed by atoms with Crippen LogP contribution in [0.25, 0.3) is 28.1 Å². The van der Waals surface area contributed by atoms with Gasteiger partial charge in [-0.3, -0.25) is 4.79 Å². The predicted octanol–water partition coefficient (Wildman–Crippen LogP) is 7.42. The third kappa shape index (κ3) is 5.28. The second-order valence-electron chi connectivity index (χ2n) is 7.78. The van der Waals surface area contributed by atoms with Crippen molar-refractivity contribution >= 4 is 11.6 Å². The van der Waals surface area contributed by atoms with E-state index < -0.39 is 29.4 Å². The molecule has 0 fully saturated rings. The fourth-order valence-corrected chi connectivity index (χ4v) is 3.61. The van der Waals surface area contributed by atoms with Gasteiger partial charge in [-0.05, 0) is 65.1 Å². The van der Waals surface area contributed by atoms with E-state index in [1.54, 1.807) is 24.3 Å². The normalized spacial score (nSPS) is 11.7. The first-order valence-electron chi connectivity index (χ1n) is 10.4. The standard InChI is InChI=1S/C27H16F6N2O/c1-2-25(36)34-22-11-13-23(14-12-22)35-16-21(27(31,32)33)15-24(35)19-5-3-17(4-6-19)18-7-9-20(10-8-18)26(28,29)30/h1,3-16H,(H,34,36). The Kier molecular flexibility index (Phi) is 6.37. The number of carbonyl (C=O) groups is 1. The summed E-state index contributed by atoms with van der Waals surface area (Å²) >= 11 is 0. The van der Waals surface area contributed by atoms with Gasteiger partial charge in [-0.15, -0.1) is 6.42 Å². The van der Waals surface area contributed by atoms with E-state index in [0.29, 0.717) is 28.1 Å². The van der Waals surface area contributed by atoms with Crippen LogP contribution in [-0.2, 0) is 17.1 Å². The van der Waals surface area contributed by atoms with Crippen molar-refractivity contribution in [2.24, 2.45) is 0 Å². The third-order valence-corrected chi connectivity index (χ3v) is 5.41. The number of hydrogen-bond acceptors (Lipinski definition) is 1. The molecule has 1 heterocycles. The van der Waals surface area contributed by atoms with E-state index >= 15 is 0 Å². The first-order chi connectivity index (χ1) is 17.0. The Hall–Kier alpha value is -4.45. The van der Waals surface area contributed by atoms with Crippen LogP contribution in [-0.4, -0.2) is 10.5 Å². The molecule has 3 aromatic carbocycles. The van der Waals surface area contributed by atoms with Crippen LogP contribution in [0.15, 0.2) is 85.1 Å². The monoisotopic (exact) mass is 498 g/mol. The van der Waals surface area contributed by atoms with Gasteiger partial charge in [0.15, 0.2) is 0 Å². The number of carbonyl (C=O) groups excluding carboxylic acids is 1. The number of terminal acetylenes is 1. The fourth-order valence-electron chi connectivity index (χ4n) is 3.61. The number of halogens is 6. The van der Waals surface area contributed by atoms with Crippen LogP contribution in [0.1, 0.15) is 11.1 Å². The van der Waals surface area contributed by atoms with E-state index in [4.69, 9.17) is 6.42 Å². The number of nitrogens with one attached hydrogen (secondary N) is 1. The maximum absolute atomic E-state index is 13.5. The van der Waals surface area contributed by atoms with Crippen LogP contribution >= 0.6 is 0 Å². The first-order valence-corrected chi connectivity index (χ1v) is 10.4. The lowest BCUT2D eigenvalue weighted by atomic mass is 10.0. The Morgan fingerprint density at radius 2 is 1.22 bits per heavy atom. The number of rotatable bonds is 4. The smallest absolute Gasteiger partial charge is 0.316 e. The molecule has 0 bridgehead atoms. The highest BCUT2D eigenvalue weighted by atomic mass is 19.4. The SMILES string of the molecule is C#CC(=O)Nc1ccc(-n2cc(C(F)(F)F)cc2-c2ccc(-c3ccc(C(F)(F)F)cc3)cc2)cc1. The molecule has 36 heavy (non-hydrogen) atoms. The molecule has 1 aromatic heterocycles. The lowest BCUT2D eigenvalue weighted by molar-refractivity contribution is -0.138. The molecule has 9 heteroatoms. The highest BCUT2D eigenvalue weighted by Crippen LogP contribution is 2.36. The number of nitrogens with zero attached hydrogens (tertiary/aromatic N) is 1. The van der Waals surface area contributed by atoms with E-state index in [-0.39, 0.29) is 5.69 Å². The number of benzene rings is 3. The van der Waals surface area contributed by atoms with E-state index in [1.807, 2.05) is 5.92 Å². The van der Waals surface area contributed by atoms with E-state index in [9.17, 15) is 31.1 Å². The van der Waals surface area contributed by atoms with Crippen LogP contribution in [0, 0.1) is 12.3 Å². The molecule has 0 atom stereocenters. The van der Waals surface area contributed by atoms with Gasteiger partial charge in [0.25, 0.3) is 5.91 Å². The van der Waals surface area contributed by atoms with Crippen LogP contribution in [0.3, 0.4) is 0 Å². The van der Waals surface area contributed by atoms with Gasteiger partial charge in [-0.25, -0.2) is 0 Å². The molecule has 0 aliphatic heterocycles. The van der Waals surface area contributed by atoms with Gasteiger partial charge in [0.1, 0.15) is 0 Å². The van der Waals surface area contributed by atoms with Crippen molar-refractivity contribution in [1.29, 1.82) is 0 Å². The van der Waals surface area contributed by atoms with Crippen LogP contribution in [0.2, 0.25) is 0 Å². The maximum Gasteiger partial charge on any atom is 0.417 e. The summed E-state index contributed by atoms with van der Waals surface area (Å²) in [5, 5.41) is 2.45. The molecule has 0 radical (unpaired) electrons. The summed E-state index contributed by atoms with van der Waals surface area (Å²) < 4.78 is 80.3. The van der Waals surface area contributed by atoms with Gasteiger partial charge in [0.05, 0.1) is 16.8 Å². The zero-order valence-corrected chi connectivity index (χ0v) is 18.3. The summed E-state index contributed by atoms with van der Waals surface area (Å²) in [4.78, 5) is 11.4. The average Bonchev–Trinajstić information content (AvgIpc) is 3.30. The summed E-state index contributed by atoms with van der Waals surface area (Å²) in [5.41, 5.74) is 1.02. The van der Waals surface area contributed by atoms with Gasteiger partial charge in [-0.1, -0.05) is 36.4 Å². The van der Waals surface area contributed by atoms with Crippen molar-refractivity contribution in [2.75, 3.05) is 5.32 Å². The Bertz CT molecular complexity index is 1420. The van der Waals surface area contributed by atoms with Crippen molar-refractivity contribution < 1.29 is 31.1 Å². The summed E-state index contributed by atoms with van der Waals surface area (Å²) in [6, 6.07) is 18.2. The number of aromatic nitrogens is 1. The van der Waals surface area contributed by atoms with Crippen molar-refractivity contribution in [2.45, 2.75) is 12.4 Å². The molecule has 0 spiro atoms. The summed E-state index contributed by atoms with van der Waals surface area (Å²) in [5.74, 6) is 1.25. The second-order valence-corrected chi connectivity index (χ2v) is 7.78. The highest BCUT2D eigenvalue weighted by Gasteiger charge is 2.33. The van der Waals surface area contributed by atoms with Gasteiger partial charge < -0.3 is 9.88 Å². The molecule has 4 aromatic rings. The topological polar surface area (TPSA) is 34.0 Å². The number of alkyl halides is 6. The molecule has 1 amide bonds. The molecule has 4 rings (SSSR count). The number of amides is 1. The zero-order chi connectivity index (χ0) is 26.1. The van der Waals surface area contributed by atoms with Gasteiger partial charge in [-0.2, -0.15) is 26.3 Å². The molecule has 0 aliphatic carbocycles. The Morgan fingerprint density at radius 1 is 0.722 bits per heavy atom. The van der Waals surface area contributed by atoms with E-state index in [1.165, 1.54) is 41.0 Å². The zero-order valence-electron chi connectivity index (χ0n) is 18.3. The minimum absolute atomic E-state index is 0.252. The molecule has 1 N–H and O–H groups in total. The molecule has 0 aliphatic rings. The number of anilines is 1. The van der Waals surface area contributed by atoms with E-state index in [2.05, 4.69) is 5.32 Å². The van der Waals surface area contributed by atoms with Gasteiger partial charge in [0.2, 0.25) is 0 Å². The first kappa shape index (κ1) is 24.7. The molecule has 3 nitrogen and oxygen atoms in total. The molecular weight excluding hydrogens is 482 g/mol. The van der Waals surface area contributed by atoms with Crippen LogP contribution < -0.4 is 5.32 Å². The molecular formula is C27H16F6N2O. The Morgan fingerprint density at radius 3 is 1.72 bits per heavy atom. The second kappa shape index (κ2) is 9.30. The van der Waals surface area contributed by atoms with Crippen LogP contribution in [0.5, 0.6) is 0 Å². The van der Waals surface area contributed by atoms with Crippen molar-refractivity contribution in [1.82, 2.24) is 4.57 Å². The molecule has 0 saturated carbocycles. The van der Waals surface area contributed by atoms with E-state index in [0.717, 1.165) is 24.4 Å².